The van der Waals surface area contributed by atoms with Crippen molar-refractivity contribution in [2.24, 2.45) is 11.7 Å². The molecule has 1 saturated carbocycles. The Morgan fingerprint density at radius 2 is 2.10 bits per heavy atom. The van der Waals surface area contributed by atoms with E-state index in [1.807, 2.05) is 25.2 Å². The first-order chi connectivity index (χ1) is 9.66. The van der Waals surface area contributed by atoms with Gasteiger partial charge in [-0.05, 0) is 31.4 Å². The van der Waals surface area contributed by atoms with Crippen LogP contribution in [0, 0.1) is 5.92 Å². The maximum atomic E-state index is 12.1. The Bertz CT molecular complexity index is 421. The van der Waals surface area contributed by atoms with Gasteiger partial charge < -0.3 is 16.0 Å². The molecule has 1 aromatic carbocycles. The van der Waals surface area contributed by atoms with Crippen LogP contribution in [0.2, 0.25) is 0 Å². The van der Waals surface area contributed by atoms with Gasteiger partial charge >= 0.3 is 0 Å². The highest BCUT2D eigenvalue weighted by atomic mass is 16.1. The first-order valence-corrected chi connectivity index (χ1v) is 7.46. The monoisotopic (exact) mass is 275 g/mol. The van der Waals surface area contributed by atoms with Crippen molar-refractivity contribution < 1.29 is 4.79 Å². The summed E-state index contributed by atoms with van der Waals surface area (Å²) in [5.41, 5.74) is 7.10. The van der Waals surface area contributed by atoms with Crippen molar-refractivity contribution in [3.05, 3.63) is 30.3 Å². The molecule has 0 aliphatic heterocycles. The Labute approximate surface area is 121 Å². The van der Waals surface area contributed by atoms with Gasteiger partial charge in [0, 0.05) is 37.8 Å². The highest BCUT2D eigenvalue weighted by Crippen LogP contribution is 2.23. The van der Waals surface area contributed by atoms with Crippen molar-refractivity contribution in [1.82, 2.24) is 5.32 Å². The zero-order chi connectivity index (χ0) is 14.4. The summed E-state index contributed by atoms with van der Waals surface area (Å²) in [5, 5.41) is 3.04. The molecule has 20 heavy (non-hydrogen) atoms. The molecule has 0 saturated heterocycles. The van der Waals surface area contributed by atoms with Crippen LogP contribution in [-0.4, -0.2) is 32.1 Å². The number of hydrogen-bond donors (Lipinski definition) is 2. The first-order valence-electron chi connectivity index (χ1n) is 7.46. The average molecular weight is 275 g/mol. The number of carbonyl (C=O) groups is 1. The second-order valence-corrected chi connectivity index (χ2v) is 5.67. The molecule has 1 amide bonds. The summed E-state index contributed by atoms with van der Waals surface area (Å²) < 4.78 is 0. The van der Waals surface area contributed by atoms with Crippen LogP contribution in [0.15, 0.2) is 30.3 Å². The zero-order valence-corrected chi connectivity index (χ0v) is 12.2. The van der Waals surface area contributed by atoms with Crippen molar-refractivity contribution in [2.45, 2.75) is 31.7 Å². The molecule has 2 rings (SSSR count). The summed E-state index contributed by atoms with van der Waals surface area (Å²) >= 11 is 0. The number of carbonyl (C=O) groups excluding carboxylic acids is 1. The minimum absolute atomic E-state index is 0.112. The number of hydrogen-bond acceptors (Lipinski definition) is 3. The number of nitrogens with two attached hydrogens (primary N) is 1. The summed E-state index contributed by atoms with van der Waals surface area (Å²) in [6.45, 7) is 1.49. The Morgan fingerprint density at radius 1 is 1.35 bits per heavy atom. The molecule has 1 aliphatic carbocycles. The summed E-state index contributed by atoms with van der Waals surface area (Å²) in [6, 6.07) is 10.4. The van der Waals surface area contributed by atoms with Crippen LogP contribution in [0.5, 0.6) is 0 Å². The van der Waals surface area contributed by atoms with Crippen LogP contribution >= 0.6 is 0 Å². The van der Waals surface area contributed by atoms with Gasteiger partial charge in [-0.3, -0.25) is 4.79 Å². The molecule has 1 fully saturated rings. The van der Waals surface area contributed by atoms with E-state index in [1.165, 1.54) is 5.69 Å². The average Bonchev–Trinajstić information content (AvgIpc) is 2.48. The third-order valence-electron chi connectivity index (χ3n) is 4.03. The number of amides is 1. The summed E-state index contributed by atoms with van der Waals surface area (Å²) in [7, 11) is 2.04. The molecule has 3 N–H and O–H groups in total. The van der Waals surface area contributed by atoms with Gasteiger partial charge in [-0.15, -0.1) is 0 Å². The second-order valence-electron chi connectivity index (χ2n) is 5.67. The number of para-hydroxylation sites is 1. The highest BCUT2D eigenvalue weighted by molar-refractivity contribution is 5.78. The van der Waals surface area contributed by atoms with Gasteiger partial charge in [0.25, 0.3) is 0 Å². The van der Waals surface area contributed by atoms with Crippen molar-refractivity contribution in [2.75, 3.05) is 25.0 Å². The van der Waals surface area contributed by atoms with Crippen molar-refractivity contribution in [1.29, 1.82) is 0 Å². The van der Waals surface area contributed by atoms with Crippen LogP contribution in [-0.2, 0) is 4.79 Å². The van der Waals surface area contributed by atoms with Crippen LogP contribution in [0.4, 0.5) is 5.69 Å². The molecule has 0 aromatic heterocycles. The molecule has 0 heterocycles. The third-order valence-corrected chi connectivity index (χ3v) is 4.03. The fourth-order valence-corrected chi connectivity index (χ4v) is 2.77. The van der Waals surface area contributed by atoms with Crippen LogP contribution in [0.3, 0.4) is 0 Å². The molecule has 2 atom stereocenters. The SMILES string of the molecule is CN(CCNC(=O)C1CCCC(N)C1)c1ccccc1. The molecule has 0 spiro atoms. The van der Waals surface area contributed by atoms with E-state index in [2.05, 4.69) is 22.3 Å². The molecule has 0 bridgehead atoms. The second kappa shape index (κ2) is 7.29. The number of benzene rings is 1. The predicted octanol–water partition coefficient (Wildman–Crippen LogP) is 1.76. The number of nitrogens with zero attached hydrogens (tertiary/aromatic N) is 1. The quantitative estimate of drug-likeness (QED) is 0.861. The summed E-state index contributed by atoms with van der Waals surface area (Å²) in [6.07, 6.45) is 3.94. The topological polar surface area (TPSA) is 58.4 Å². The Kier molecular flexibility index (Phi) is 5.41. The Hall–Kier alpha value is -1.55. The van der Waals surface area contributed by atoms with E-state index < -0.39 is 0 Å². The standard InChI is InChI=1S/C16H25N3O/c1-19(15-8-3-2-4-9-15)11-10-18-16(20)13-6-5-7-14(17)12-13/h2-4,8-9,13-14H,5-7,10-12,17H2,1H3,(H,18,20). The molecule has 0 radical (unpaired) electrons. The fourth-order valence-electron chi connectivity index (χ4n) is 2.77. The van der Waals surface area contributed by atoms with E-state index >= 15 is 0 Å². The number of rotatable bonds is 5. The number of likely N-dealkylation sites (N-methyl/N-ethyl adjacent to an activating group) is 1. The lowest BCUT2D eigenvalue weighted by molar-refractivity contribution is -0.126. The van der Waals surface area contributed by atoms with Crippen molar-refractivity contribution in [3.63, 3.8) is 0 Å². The summed E-state index contributed by atoms with van der Waals surface area (Å²) in [4.78, 5) is 14.2. The molecule has 1 aromatic rings. The summed E-state index contributed by atoms with van der Waals surface area (Å²) in [5.74, 6) is 0.280. The Balaban J connectivity index is 1.71. The van der Waals surface area contributed by atoms with Gasteiger partial charge in [0.1, 0.15) is 0 Å². The molecule has 4 nitrogen and oxygen atoms in total. The van der Waals surface area contributed by atoms with Gasteiger partial charge in [0.15, 0.2) is 0 Å². The normalized spacial score (nSPS) is 22.3. The maximum absolute atomic E-state index is 12.1. The molecular formula is C16H25N3O. The smallest absolute Gasteiger partial charge is 0.223 e. The van der Waals surface area contributed by atoms with Gasteiger partial charge in [-0.2, -0.15) is 0 Å². The molecule has 4 heteroatoms. The number of nitrogens with one attached hydrogen (secondary N) is 1. The molecule has 1 aliphatic rings. The van der Waals surface area contributed by atoms with E-state index in [0.29, 0.717) is 6.54 Å². The molecule has 110 valence electrons. The van der Waals surface area contributed by atoms with Gasteiger partial charge in [0.2, 0.25) is 5.91 Å². The lowest BCUT2D eigenvalue weighted by Gasteiger charge is -2.26. The van der Waals surface area contributed by atoms with E-state index in [0.717, 1.165) is 32.2 Å². The zero-order valence-electron chi connectivity index (χ0n) is 12.2. The van der Waals surface area contributed by atoms with E-state index in [1.54, 1.807) is 0 Å². The van der Waals surface area contributed by atoms with E-state index in [-0.39, 0.29) is 17.9 Å². The lowest BCUT2D eigenvalue weighted by Crippen LogP contribution is -2.40. The third kappa shape index (κ3) is 4.23. The van der Waals surface area contributed by atoms with Crippen LogP contribution < -0.4 is 16.0 Å². The largest absolute Gasteiger partial charge is 0.373 e. The molecular weight excluding hydrogens is 250 g/mol. The van der Waals surface area contributed by atoms with E-state index in [4.69, 9.17) is 5.73 Å². The van der Waals surface area contributed by atoms with Crippen molar-refractivity contribution in [3.8, 4) is 0 Å². The molecule has 2 unspecified atom stereocenters. The van der Waals surface area contributed by atoms with Gasteiger partial charge in [-0.1, -0.05) is 24.6 Å². The van der Waals surface area contributed by atoms with Crippen LogP contribution in [0.1, 0.15) is 25.7 Å². The minimum atomic E-state index is 0.112. The number of anilines is 1. The van der Waals surface area contributed by atoms with Gasteiger partial charge in [-0.25, -0.2) is 0 Å². The van der Waals surface area contributed by atoms with Crippen LogP contribution in [0.25, 0.3) is 0 Å². The maximum Gasteiger partial charge on any atom is 0.223 e. The van der Waals surface area contributed by atoms with Gasteiger partial charge in [0.05, 0.1) is 0 Å². The Morgan fingerprint density at radius 3 is 2.80 bits per heavy atom. The van der Waals surface area contributed by atoms with E-state index in [9.17, 15) is 4.79 Å². The highest BCUT2D eigenvalue weighted by Gasteiger charge is 2.24. The minimum Gasteiger partial charge on any atom is -0.373 e. The predicted molar refractivity (Wildman–Crippen MR) is 82.7 cm³/mol. The fraction of sp³-hybridized carbons (Fsp3) is 0.562. The van der Waals surface area contributed by atoms with Crippen molar-refractivity contribution >= 4 is 11.6 Å². The first kappa shape index (κ1) is 14.9. The lowest BCUT2D eigenvalue weighted by atomic mass is 9.85.